The van der Waals surface area contributed by atoms with Crippen LogP contribution in [0.25, 0.3) is 98.5 Å². The number of pyridine rings is 1. The van der Waals surface area contributed by atoms with Crippen LogP contribution in [-0.2, 0) is 0 Å². The molecule has 0 fully saturated rings. The van der Waals surface area contributed by atoms with E-state index in [1.807, 2.05) is 23.5 Å². The van der Waals surface area contributed by atoms with Crippen LogP contribution in [0, 0.1) is 0 Å². The number of hydrogen-bond donors (Lipinski definition) is 0. The number of para-hydroxylation sites is 2. The molecule has 0 N–H and O–H groups in total. The summed E-state index contributed by atoms with van der Waals surface area (Å²) in [5.74, 6) is 0.684. The van der Waals surface area contributed by atoms with E-state index in [0.717, 1.165) is 55.3 Å². The zero-order valence-electron chi connectivity index (χ0n) is 28.6. The van der Waals surface area contributed by atoms with Gasteiger partial charge in [-0.15, -0.1) is 11.3 Å². The molecule has 7 aromatic carbocycles. The highest BCUT2D eigenvalue weighted by Gasteiger charge is 2.23. The quantitative estimate of drug-likeness (QED) is 0.174. The maximum Gasteiger partial charge on any atom is 0.160 e. The van der Waals surface area contributed by atoms with Gasteiger partial charge in [0, 0.05) is 48.0 Å². The summed E-state index contributed by atoms with van der Waals surface area (Å²) in [4.78, 5) is 17.0. The molecule has 0 radical (unpaired) electrons. The first-order chi connectivity index (χ1) is 26.3. The first kappa shape index (κ1) is 31.0. The van der Waals surface area contributed by atoms with Crippen LogP contribution in [-0.4, -0.2) is 15.0 Å². The van der Waals surface area contributed by atoms with Crippen molar-refractivity contribution in [2.24, 2.45) is 0 Å². The van der Waals surface area contributed by atoms with Crippen molar-refractivity contribution in [1.82, 2.24) is 15.0 Å². The van der Waals surface area contributed by atoms with Gasteiger partial charge in [-0.2, -0.15) is 0 Å². The van der Waals surface area contributed by atoms with Crippen molar-refractivity contribution in [3.8, 4) is 66.6 Å². The lowest BCUT2D eigenvalue weighted by atomic mass is 9.94. The summed E-state index contributed by atoms with van der Waals surface area (Å²) < 4.78 is 1.23. The van der Waals surface area contributed by atoms with Crippen molar-refractivity contribution in [2.75, 3.05) is 0 Å². The summed E-state index contributed by atoms with van der Waals surface area (Å²) in [6.45, 7) is 0. The molecule has 0 saturated heterocycles. The highest BCUT2D eigenvalue weighted by Crippen LogP contribution is 2.50. The van der Waals surface area contributed by atoms with Crippen LogP contribution in [0.2, 0.25) is 0 Å². The molecule has 0 unspecified atom stereocenters. The molecule has 0 bridgehead atoms. The van der Waals surface area contributed by atoms with Crippen molar-refractivity contribution in [2.45, 2.75) is 0 Å². The van der Waals surface area contributed by atoms with Gasteiger partial charge >= 0.3 is 0 Å². The van der Waals surface area contributed by atoms with E-state index < -0.39 is 0 Å². The Morgan fingerprint density at radius 3 is 1.58 bits per heavy atom. The maximum absolute atomic E-state index is 5.42. The van der Waals surface area contributed by atoms with Gasteiger partial charge in [0.1, 0.15) is 0 Å². The van der Waals surface area contributed by atoms with Crippen LogP contribution >= 0.6 is 11.3 Å². The van der Waals surface area contributed by atoms with Crippen LogP contribution < -0.4 is 0 Å². The van der Waals surface area contributed by atoms with E-state index in [0.29, 0.717) is 5.82 Å². The van der Waals surface area contributed by atoms with Crippen LogP contribution in [0.1, 0.15) is 0 Å². The van der Waals surface area contributed by atoms with E-state index in [2.05, 4.69) is 176 Å². The minimum atomic E-state index is 0.684. The predicted molar refractivity (Wildman–Crippen MR) is 223 cm³/mol. The Kier molecular flexibility index (Phi) is 7.67. The van der Waals surface area contributed by atoms with Crippen molar-refractivity contribution in [3.05, 3.63) is 188 Å². The molecule has 3 heterocycles. The van der Waals surface area contributed by atoms with E-state index in [1.165, 1.54) is 37.4 Å². The lowest BCUT2D eigenvalue weighted by molar-refractivity contribution is 1.23. The molecule has 53 heavy (non-hydrogen) atoms. The van der Waals surface area contributed by atoms with Crippen LogP contribution in [0.5, 0.6) is 0 Å². The van der Waals surface area contributed by atoms with Gasteiger partial charge in [-0.05, 0) is 40.5 Å². The second kappa shape index (κ2) is 13.1. The van der Waals surface area contributed by atoms with E-state index >= 15 is 0 Å². The number of fused-ring (bicyclic) bond motifs is 4. The summed E-state index contributed by atoms with van der Waals surface area (Å²) >= 11 is 1.85. The lowest BCUT2D eigenvalue weighted by Crippen LogP contribution is -1.96. The Morgan fingerprint density at radius 2 is 0.868 bits per heavy atom. The third-order valence-corrected chi connectivity index (χ3v) is 11.2. The maximum atomic E-state index is 5.42. The molecular weight excluding hydrogens is 663 g/mol. The topological polar surface area (TPSA) is 38.7 Å². The predicted octanol–water partition coefficient (Wildman–Crippen LogP) is 13.4. The Balaban J connectivity index is 1.17. The van der Waals surface area contributed by atoms with Crippen LogP contribution in [0.3, 0.4) is 0 Å². The molecule has 3 aromatic heterocycles. The van der Waals surface area contributed by atoms with Crippen molar-refractivity contribution in [3.63, 3.8) is 0 Å². The van der Waals surface area contributed by atoms with Gasteiger partial charge < -0.3 is 0 Å². The first-order valence-electron chi connectivity index (χ1n) is 17.8. The van der Waals surface area contributed by atoms with E-state index in [9.17, 15) is 0 Å². The molecule has 0 aliphatic carbocycles. The Labute approximate surface area is 311 Å². The molecule has 0 saturated carbocycles. The number of aromatic nitrogens is 3. The van der Waals surface area contributed by atoms with E-state index in [4.69, 9.17) is 15.0 Å². The van der Waals surface area contributed by atoms with Crippen molar-refractivity contribution in [1.29, 1.82) is 0 Å². The standard InChI is InChI=1S/C49H31N3S/c1-4-15-32(16-5-1)33-27-29-35(30-28-33)45-39-23-10-12-25-41(39)51-49(52-45)38-22-14-21-37(31-38)46-44-43(34-17-6-2-7-18-34)47(36-19-8-3-9-20-36)53-48(44)40-24-11-13-26-42(40)50-46/h1-31H. The monoisotopic (exact) mass is 693 g/mol. The first-order valence-corrected chi connectivity index (χ1v) is 18.6. The second-order valence-corrected chi connectivity index (χ2v) is 14.2. The Hall–Kier alpha value is -6.75. The average Bonchev–Trinajstić information content (AvgIpc) is 3.65. The molecule has 10 aromatic rings. The summed E-state index contributed by atoms with van der Waals surface area (Å²) in [6, 6.07) is 66.0. The molecular formula is C49H31N3S. The molecule has 0 atom stereocenters. The Morgan fingerprint density at radius 1 is 0.340 bits per heavy atom. The largest absolute Gasteiger partial charge is 0.247 e. The molecule has 10 rings (SSSR count). The number of thiophene rings is 1. The van der Waals surface area contributed by atoms with Crippen LogP contribution in [0.4, 0.5) is 0 Å². The van der Waals surface area contributed by atoms with Gasteiger partial charge in [0.2, 0.25) is 0 Å². The van der Waals surface area contributed by atoms with Gasteiger partial charge in [-0.3, -0.25) is 0 Å². The summed E-state index contributed by atoms with van der Waals surface area (Å²) in [5.41, 5.74) is 12.7. The average molecular weight is 694 g/mol. The SMILES string of the molecule is c1ccc(-c2ccc(-c3nc(-c4cccc(-c5nc6ccccc6c6sc(-c7ccccc7)c(-c7ccccc7)c56)c4)nc4ccccc34)cc2)cc1. The summed E-state index contributed by atoms with van der Waals surface area (Å²) in [7, 11) is 0. The molecule has 248 valence electrons. The Bertz CT molecular complexity index is 2920. The summed E-state index contributed by atoms with van der Waals surface area (Å²) in [6.07, 6.45) is 0. The number of rotatable bonds is 6. The fourth-order valence-corrected chi connectivity index (χ4v) is 8.71. The van der Waals surface area contributed by atoms with Crippen molar-refractivity contribution >= 4 is 43.2 Å². The highest BCUT2D eigenvalue weighted by atomic mass is 32.1. The fraction of sp³-hybridized carbons (Fsp3) is 0. The smallest absolute Gasteiger partial charge is 0.160 e. The minimum absolute atomic E-state index is 0.684. The fourth-order valence-electron chi connectivity index (χ4n) is 7.35. The zero-order valence-corrected chi connectivity index (χ0v) is 29.5. The van der Waals surface area contributed by atoms with Gasteiger partial charge in [-0.25, -0.2) is 15.0 Å². The number of hydrogen-bond acceptors (Lipinski definition) is 4. The number of nitrogens with zero attached hydrogens (tertiary/aromatic N) is 3. The molecule has 0 aliphatic heterocycles. The van der Waals surface area contributed by atoms with Gasteiger partial charge in [0.25, 0.3) is 0 Å². The van der Waals surface area contributed by atoms with Crippen LogP contribution in [0.15, 0.2) is 188 Å². The van der Waals surface area contributed by atoms with Gasteiger partial charge in [-0.1, -0.05) is 170 Å². The molecule has 0 amide bonds. The lowest BCUT2D eigenvalue weighted by Gasteiger charge is -2.13. The summed E-state index contributed by atoms with van der Waals surface area (Å²) in [5, 5.41) is 3.35. The minimum Gasteiger partial charge on any atom is -0.247 e. The number of benzene rings is 7. The third kappa shape index (κ3) is 5.57. The highest BCUT2D eigenvalue weighted by molar-refractivity contribution is 7.24. The molecule has 0 aliphatic rings. The second-order valence-electron chi connectivity index (χ2n) is 13.2. The molecule has 3 nitrogen and oxygen atoms in total. The van der Waals surface area contributed by atoms with E-state index in [-0.39, 0.29) is 0 Å². The molecule has 0 spiro atoms. The van der Waals surface area contributed by atoms with Crippen molar-refractivity contribution < 1.29 is 0 Å². The normalized spacial score (nSPS) is 11.4. The zero-order chi connectivity index (χ0) is 35.1. The third-order valence-electron chi connectivity index (χ3n) is 9.89. The van der Waals surface area contributed by atoms with Gasteiger partial charge in [0.05, 0.1) is 22.4 Å². The van der Waals surface area contributed by atoms with Gasteiger partial charge in [0.15, 0.2) is 5.82 Å². The van der Waals surface area contributed by atoms with E-state index in [1.54, 1.807) is 0 Å². The molecule has 4 heteroatoms.